The number of aromatic nitrogens is 3. The van der Waals surface area contributed by atoms with Crippen LogP contribution in [0.5, 0.6) is 0 Å². The topological polar surface area (TPSA) is 80.0 Å². The summed E-state index contributed by atoms with van der Waals surface area (Å²) in [4.78, 5) is 16.7. The molecule has 7 heteroatoms. The van der Waals surface area contributed by atoms with Crippen molar-refractivity contribution in [3.05, 3.63) is 41.7 Å². The molecule has 0 unspecified atom stereocenters. The number of halogens is 1. The van der Waals surface area contributed by atoms with E-state index in [1.807, 2.05) is 27.7 Å². The van der Waals surface area contributed by atoms with Gasteiger partial charge in [-0.05, 0) is 31.0 Å². The molecule has 0 aliphatic carbocycles. The van der Waals surface area contributed by atoms with E-state index < -0.39 is 11.5 Å². The third kappa shape index (κ3) is 4.42. The minimum Gasteiger partial charge on any atom is -0.388 e. The van der Waals surface area contributed by atoms with E-state index in [2.05, 4.69) is 15.4 Å². The van der Waals surface area contributed by atoms with Gasteiger partial charge in [0.25, 0.3) is 5.91 Å². The fourth-order valence-corrected chi connectivity index (χ4v) is 2.42. The maximum absolute atomic E-state index is 13.5. The first-order valence-electron chi connectivity index (χ1n) is 8.53. The van der Waals surface area contributed by atoms with Crippen molar-refractivity contribution in [2.24, 2.45) is 0 Å². The minimum atomic E-state index is -0.943. The normalized spacial score (nSPS) is 11.8. The molecule has 0 bridgehead atoms. The summed E-state index contributed by atoms with van der Waals surface area (Å²) in [7, 11) is 0. The third-order valence-corrected chi connectivity index (χ3v) is 4.30. The quantitative estimate of drug-likeness (QED) is 0.806. The Kier molecular flexibility index (Phi) is 5.89. The fourth-order valence-electron chi connectivity index (χ4n) is 2.42. The number of nitrogens with zero attached hydrogens (tertiary/aromatic N) is 3. The second-order valence-corrected chi connectivity index (χ2v) is 6.45. The highest BCUT2D eigenvalue weighted by atomic mass is 19.1. The Morgan fingerprint density at radius 2 is 2.04 bits per heavy atom. The number of carbonyl (C=O) groups is 1. The molecule has 6 nitrogen and oxygen atoms in total. The van der Waals surface area contributed by atoms with Crippen molar-refractivity contribution in [1.82, 2.24) is 20.1 Å². The monoisotopic (exact) mass is 348 g/mol. The smallest absolute Gasteiger partial charge is 0.291 e. The van der Waals surface area contributed by atoms with Crippen molar-refractivity contribution in [2.75, 3.05) is 6.54 Å². The average molecular weight is 348 g/mol. The number of rotatable bonds is 7. The van der Waals surface area contributed by atoms with E-state index in [0.717, 1.165) is 0 Å². The zero-order chi connectivity index (χ0) is 18.6. The highest BCUT2D eigenvalue weighted by Gasteiger charge is 2.25. The predicted octanol–water partition coefficient (Wildman–Crippen LogP) is 2.81. The fraction of sp³-hybridized carbons (Fsp3) is 0.500. The first-order valence-corrected chi connectivity index (χ1v) is 8.53. The molecule has 0 spiro atoms. The van der Waals surface area contributed by atoms with Crippen LogP contribution in [0.15, 0.2) is 24.3 Å². The highest BCUT2D eigenvalue weighted by molar-refractivity contribution is 5.90. The van der Waals surface area contributed by atoms with Crippen LogP contribution >= 0.6 is 0 Å². The summed E-state index contributed by atoms with van der Waals surface area (Å²) in [5, 5.41) is 17.2. The largest absolute Gasteiger partial charge is 0.388 e. The molecule has 0 fully saturated rings. The molecule has 136 valence electrons. The number of aliphatic hydroxyl groups is 1. The van der Waals surface area contributed by atoms with Crippen LogP contribution in [0.1, 0.15) is 62.9 Å². The second-order valence-electron chi connectivity index (χ2n) is 6.45. The van der Waals surface area contributed by atoms with Crippen LogP contribution in [-0.4, -0.2) is 37.9 Å². The van der Waals surface area contributed by atoms with Gasteiger partial charge in [-0.1, -0.05) is 33.8 Å². The summed E-state index contributed by atoms with van der Waals surface area (Å²) >= 11 is 0. The van der Waals surface area contributed by atoms with Crippen LogP contribution in [0.3, 0.4) is 0 Å². The van der Waals surface area contributed by atoms with Gasteiger partial charge in [-0.3, -0.25) is 4.79 Å². The van der Waals surface area contributed by atoms with Crippen molar-refractivity contribution >= 4 is 5.91 Å². The Balaban J connectivity index is 2.28. The van der Waals surface area contributed by atoms with Crippen LogP contribution in [0, 0.1) is 5.82 Å². The Bertz CT molecular complexity index is 738. The molecule has 25 heavy (non-hydrogen) atoms. The lowest BCUT2D eigenvalue weighted by Crippen LogP contribution is -2.42. The first-order chi connectivity index (χ1) is 11.8. The maximum atomic E-state index is 13.5. The van der Waals surface area contributed by atoms with Gasteiger partial charge in [0.15, 0.2) is 0 Å². The maximum Gasteiger partial charge on any atom is 0.291 e. The molecule has 0 aliphatic heterocycles. The molecule has 0 radical (unpaired) electrons. The van der Waals surface area contributed by atoms with Crippen molar-refractivity contribution in [1.29, 1.82) is 0 Å². The lowest BCUT2D eigenvalue weighted by atomic mass is 9.98. The molecule has 1 amide bonds. The van der Waals surface area contributed by atoms with Gasteiger partial charge in [0.1, 0.15) is 11.6 Å². The Morgan fingerprint density at radius 1 is 1.36 bits per heavy atom. The van der Waals surface area contributed by atoms with Gasteiger partial charge in [0.2, 0.25) is 5.82 Å². The lowest BCUT2D eigenvalue weighted by Gasteiger charge is -2.24. The summed E-state index contributed by atoms with van der Waals surface area (Å²) in [6, 6.07) is 5.98. The molecular weight excluding hydrogens is 323 g/mol. The van der Waals surface area contributed by atoms with Gasteiger partial charge in [-0.15, -0.1) is 5.10 Å². The Morgan fingerprint density at radius 3 is 2.60 bits per heavy atom. The van der Waals surface area contributed by atoms with Crippen LogP contribution in [0.4, 0.5) is 4.39 Å². The SMILES string of the molecule is CCC(O)(CC)CNC(=O)c1nc(C(C)C)n(-c2cccc(F)c2)n1. The lowest BCUT2D eigenvalue weighted by molar-refractivity contribution is 0.0312. The zero-order valence-corrected chi connectivity index (χ0v) is 15.1. The van der Waals surface area contributed by atoms with E-state index in [9.17, 15) is 14.3 Å². The van der Waals surface area contributed by atoms with Crippen LogP contribution in [0.2, 0.25) is 0 Å². The molecule has 2 N–H and O–H groups in total. The Labute approximate surface area is 147 Å². The van der Waals surface area contributed by atoms with E-state index in [-0.39, 0.29) is 24.1 Å². The van der Waals surface area contributed by atoms with E-state index in [1.54, 1.807) is 12.1 Å². The van der Waals surface area contributed by atoms with E-state index in [0.29, 0.717) is 24.4 Å². The highest BCUT2D eigenvalue weighted by Crippen LogP contribution is 2.18. The Hall–Kier alpha value is -2.28. The minimum absolute atomic E-state index is 0.000494. The van der Waals surface area contributed by atoms with E-state index in [4.69, 9.17) is 0 Å². The van der Waals surface area contributed by atoms with Gasteiger partial charge in [0.05, 0.1) is 11.3 Å². The molecule has 0 atom stereocenters. The summed E-state index contributed by atoms with van der Waals surface area (Å²) in [6.45, 7) is 7.71. The van der Waals surface area contributed by atoms with Gasteiger partial charge in [-0.2, -0.15) is 0 Å². The summed E-state index contributed by atoms with van der Waals surface area (Å²) in [5.41, 5.74) is -0.435. The standard InChI is InChI=1S/C18H25FN4O2/c1-5-18(25,6-2)11-20-17(24)15-21-16(12(3)4)23(22-15)14-9-7-8-13(19)10-14/h7-10,12,25H,5-6,11H2,1-4H3,(H,20,24). The van der Waals surface area contributed by atoms with Crippen LogP contribution < -0.4 is 5.32 Å². The second kappa shape index (κ2) is 7.74. The number of hydrogen-bond donors (Lipinski definition) is 2. The van der Waals surface area contributed by atoms with Crippen molar-refractivity contribution in [3.8, 4) is 5.69 Å². The van der Waals surface area contributed by atoms with E-state index in [1.165, 1.54) is 16.8 Å². The van der Waals surface area contributed by atoms with Gasteiger partial charge >= 0.3 is 0 Å². The predicted molar refractivity (Wildman–Crippen MR) is 93.3 cm³/mol. The van der Waals surface area contributed by atoms with Gasteiger partial charge < -0.3 is 10.4 Å². The average Bonchev–Trinajstić information content (AvgIpc) is 3.05. The number of amides is 1. The molecule has 1 aromatic carbocycles. The van der Waals surface area contributed by atoms with Crippen LogP contribution in [0.25, 0.3) is 5.69 Å². The van der Waals surface area contributed by atoms with Crippen molar-refractivity contribution in [2.45, 2.75) is 52.1 Å². The van der Waals surface area contributed by atoms with Crippen LogP contribution in [-0.2, 0) is 0 Å². The molecule has 0 saturated heterocycles. The van der Waals surface area contributed by atoms with Crippen molar-refractivity contribution < 1.29 is 14.3 Å². The summed E-state index contributed by atoms with van der Waals surface area (Å²) < 4.78 is 15.0. The first kappa shape index (κ1) is 19.1. The molecule has 1 heterocycles. The number of nitrogens with one attached hydrogen (secondary N) is 1. The number of carbonyl (C=O) groups excluding carboxylic acids is 1. The van der Waals surface area contributed by atoms with Crippen molar-refractivity contribution in [3.63, 3.8) is 0 Å². The molecule has 1 aromatic heterocycles. The molecule has 0 aliphatic rings. The zero-order valence-electron chi connectivity index (χ0n) is 15.1. The molecule has 0 saturated carbocycles. The molecule has 2 aromatic rings. The van der Waals surface area contributed by atoms with Gasteiger partial charge in [-0.25, -0.2) is 14.1 Å². The summed E-state index contributed by atoms with van der Waals surface area (Å²) in [6.07, 6.45) is 1.07. The summed E-state index contributed by atoms with van der Waals surface area (Å²) in [5.74, 6) is -0.276. The van der Waals surface area contributed by atoms with Gasteiger partial charge in [0, 0.05) is 12.5 Å². The molecule has 2 rings (SSSR count). The molecular formula is C18H25FN4O2. The third-order valence-electron chi connectivity index (χ3n) is 4.30. The number of hydrogen-bond acceptors (Lipinski definition) is 4. The van der Waals surface area contributed by atoms with E-state index >= 15 is 0 Å². The number of benzene rings is 1.